The summed E-state index contributed by atoms with van der Waals surface area (Å²) in [5.41, 5.74) is 0.553. The van der Waals surface area contributed by atoms with Crippen molar-refractivity contribution >= 4 is 11.9 Å². The van der Waals surface area contributed by atoms with E-state index in [-0.39, 0.29) is 12.0 Å². The average Bonchev–Trinajstić information content (AvgIpc) is 3.25. The molecule has 2 aliphatic rings. The summed E-state index contributed by atoms with van der Waals surface area (Å²) in [4.78, 5) is 22.8. The van der Waals surface area contributed by atoms with Gasteiger partial charge in [0.05, 0.1) is 18.9 Å². The normalized spacial score (nSPS) is 25.6. The van der Waals surface area contributed by atoms with Gasteiger partial charge in [-0.15, -0.1) is 0 Å². The van der Waals surface area contributed by atoms with Crippen molar-refractivity contribution in [3.63, 3.8) is 0 Å². The molecule has 2 fully saturated rings. The van der Waals surface area contributed by atoms with Crippen molar-refractivity contribution in [3.05, 3.63) is 36.0 Å². The summed E-state index contributed by atoms with van der Waals surface area (Å²) in [5.74, 6) is 1.99. The van der Waals surface area contributed by atoms with Gasteiger partial charge in [0.2, 0.25) is 5.95 Å². The van der Waals surface area contributed by atoms with Crippen LogP contribution in [0.1, 0.15) is 22.5 Å². The Bertz CT molecular complexity index is 735. The number of piperidine rings is 1. The molecule has 0 spiro atoms. The summed E-state index contributed by atoms with van der Waals surface area (Å²) >= 11 is 0. The summed E-state index contributed by atoms with van der Waals surface area (Å²) in [7, 11) is 0. The lowest BCUT2D eigenvalue weighted by atomic mass is 9.84. The van der Waals surface area contributed by atoms with E-state index in [9.17, 15) is 4.79 Å². The van der Waals surface area contributed by atoms with E-state index in [2.05, 4.69) is 20.4 Å². The largest absolute Gasteiger partial charge is 0.376 e. The Balaban J connectivity index is 1.35. The summed E-state index contributed by atoms with van der Waals surface area (Å²) in [6, 6.07) is 1.79. The number of likely N-dealkylation sites (tertiary alicyclic amines) is 1. The predicted octanol–water partition coefficient (Wildman–Crippen LogP) is 1.36. The number of amides is 1. The van der Waals surface area contributed by atoms with E-state index in [1.807, 2.05) is 4.90 Å². The number of carbonyl (C=O) groups excluding carboxylic acids is 1. The molecule has 25 heavy (non-hydrogen) atoms. The van der Waals surface area contributed by atoms with Crippen LogP contribution in [0.2, 0.25) is 0 Å². The molecule has 0 aliphatic carbocycles. The van der Waals surface area contributed by atoms with Gasteiger partial charge in [0, 0.05) is 37.9 Å². The number of fused-ring (bicyclic) bond motifs is 1. The predicted molar refractivity (Wildman–Crippen MR) is 89.0 cm³/mol. The number of nitrogens with zero attached hydrogens (tertiary/aromatic N) is 4. The molecule has 0 radical (unpaired) electrons. The van der Waals surface area contributed by atoms with Crippen LogP contribution >= 0.6 is 0 Å². The van der Waals surface area contributed by atoms with Crippen LogP contribution in [0.15, 0.2) is 29.2 Å². The Morgan fingerprint density at radius 2 is 2.24 bits per heavy atom. The number of nitrogens with one attached hydrogen (secondary N) is 1. The van der Waals surface area contributed by atoms with Gasteiger partial charge in [0.25, 0.3) is 5.91 Å². The molecule has 8 nitrogen and oxygen atoms in total. The highest BCUT2D eigenvalue weighted by molar-refractivity contribution is 5.94. The summed E-state index contributed by atoms with van der Waals surface area (Å²) in [6.07, 6.45) is 5.99. The lowest BCUT2D eigenvalue weighted by Crippen LogP contribution is -2.45. The van der Waals surface area contributed by atoms with Crippen LogP contribution in [-0.2, 0) is 4.74 Å². The van der Waals surface area contributed by atoms with E-state index < -0.39 is 0 Å². The minimum absolute atomic E-state index is 0.00328. The second-order valence-corrected chi connectivity index (χ2v) is 6.58. The molecule has 0 bridgehead atoms. The molecule has 0 saturated carbocycles. The fourth-order valence-electron chi connectivity index (χ4n) is 3.74. The highest BCUT2D eigenvalue weighted by Crippen LogP contribution is 2.35. The molecular formula is C17H21N5O3. The van der Waals surface area contributed by atoms with E-state index in [0.717, 1.165) is 13.0 Å². The lowest BCUT2D eigenvalue weighted by Gasteiger charge is -2.35. The number of aromatic nitrogens is 3. The standard InChI is InChI=1S/C17H21N5O3/c1-11-14(7-21-25-11)16(23)22-6-3-13-12(9-22)10-24-15(13)8-20-17-18-4-2-5-19-17/h2,4-5,7,12-13,15H,3,6,8-10H2,1H3,(H,18,19,20)/t12-,13-,15-/m1/s1. The van der Waals surface area contributed by atoms with Crippen LogP contribution in [0.5, 0.6) is 0 Å². The second-order valence-electron chi connectivity index (χ2n) is 6.58. The SMILES string of the molecule is Cc1oncc1C(=O)N1CC[C@@H]2[C@@H](CO[C@@H]2CNc2ncccn2)C1. The highest BCUT2D eigenvalue weighted by Gasteiger charge is 2.42. The molecule has 1 N–H and O–H groups in total. The molecule has 4 heterocycles. The first-order valence-electron chi connectivity index (χ1n) is 8.55. The van der Waals surface area contributed by atoms with E-state index >= 15 is 0 Å². The zero-order valence-corrected chi connectivity index (χ0v) is 14.1. The van der Waals surface area contributed by atoms with Crippen molar-refractivity contribution in [2.24, 2.45) is 11.8 Å². The van der Waals surface area contributed by atoms with E-state index in [0.29, 0.717) is 48.8 Å². The summed E-state index contributed by atoms with van der Waals surface area (Å²) < 4.78 is 11.0. The molecule has 2 aromatic heterocycles. The maximum absolute atomic E-state index is 12.6. The highest BCUT2D eigenvalue weighted by atomic mass is 16.5. The first-order chi connectivity index (χ1) is 12.2. The second kappa shape index (κ2) is 6.79. The van der Waals surface area contributed by atoms with Gasteiger partial charge in [-0.3, -0.25) is 4.79 Å². The minimum Gasteiger partial charge on any atom is -0.376 e. The third kappa shape index (κ3) is 3.21. The Morgan fingerprint density at radius 3 is 3.00 bits per heavy atom. The van der Waals surface area contributed by atoms with Crippen LogP contribution in [0, 0.1) is 18.8 Å². The van der Waals surface area contributed by atoms with Gasteiger partial charge in [-0.2, -0.15) is 0 Å². The molecule has 1 amide bonds. The quantitative estimate of drug-likeness (QED) is 0.896. The molecule has 4 rings (SSSR count). The molecule has 8 heteroatoms. The topological polar surface area (TPSA) is 93.4 Å². The molecule has 3 atom stereocenters. The monoisotopic (exact) mass is 343 g/mol. The third-order valence-electron chi connectivity index (χ3n) is 5.09. The molecule has 0 unspecified atom stereocenters. The molecular weight excluding hydrogens is 322 g/mol. The van der Waals surface area contributed by atoms with Gasteiger partial charge in [-0.25, -0.2) is 9.97 Å². The summed E-state index contributed by atoms with van der Waals surface area (Å²) in [6.45, 7) is 4.57. The first kappa shape index (κ1) is 16.0. The van der Waals surface area contributed by atoms with Crippen molar-refractivity contribution in [2.45, 2.75) is 19.4 Å². The van der Waals surface area contributed by atoms with Gasteiger partial charge in [0.1, 0.15) is 11.3 Å². The van der Waals surface area contributed by atoms with Crippen LogP contribution in [0.3, 0.4) is 0 Å². The van der Waals surface area contributed by atoms with Crippen LogP contribution in [-0.4, -0.2) is 58.3 Å². The maximum atomic E-state index is 12.6. The smallest absolute Gasteiger partial charge is 0.259 e. The van der Waals surface area contributed by atoms with Gasteiger partial charge >= 0.3 is 0 Å². The number of ether oxygens (including phenoxy) is 1. The number of aryl methyl sites for hydroxylation is 1. The molecule has 2 aliphatic heterocycles. The number of hydrogen-bond donors (Lipinski definition) is 1. The van der Waals surface area contributed by atoms with Crippen molar-refractivity contribution in [3.8, 4) is 0 Å². The van der Waals surface area contributed by atoms with Crippen molar-refractivity contribution in [2.75, 3.05) is 31.6 Å². The number of hydrogen-bond acceptors (Lipinski definition) is 7. The number of anilines is 1. The fourth-order valence-corrected chi connectivity index (χ4v) is 3.74. The van der Waals surface area contributed by atoms with Gasteiger partial charge in [0.15, 0.2) is 0 Å². The molecule has 0 aromatic carbocycles. The summed E-state index contributed by atoms with van der Waals surface area (Å²) in [5, 5.41) is 6.94. The van der Waals surface area contributed by atoms with E-state index in [1.54, 1.807) is 25.4 Å². The van der Waals surface area contributed by atoms with Crippen molar-refractivity contribution in [1.29, 1.82) is 0 Å². The zero-order chi connectivity index (χ0) is 17.2. The van der Waals surface area contributed by atoms with Crippen LogP contribution in [0.4, 0.5) is 5.95 Å². The molecule has 2 aromatic rings. The Kier molecular flexibility index (Phi) is 4.35. The Labute approximate surface area is 145 Å². The Morgan fingerprint density at radius 1 is 1.40 bits per heavy atom. The van der Waals surface area contributed by atoms with Gasteiger partial charge in [-0.1, -0.05) is 5.16 Å². The van der Waals surface area contributed by atoms with Crippen LogP contribution < -0.4 is 5.32 Å². The number of rotatable bonds is 4. The zero-order valence-electron chi connectivity index (χ0n) is 14.1. The van der Waals surface area contributed by atoms with Crippen molar-refractivity contribution in [1.82, 2.24) is 20.0 Å². The molecule has 132 valence electrons. The van der Waals surface area contributed by atoms with Gasteiger partial charge in [-0.05, 0) is 25.3 Å². The lowest BCUT2D eigenvalue weighted by molar-refractivity contribution is 0.0619. The molecule has 2 saturated heterocycles. The van der Waals surface area contributed by atoms with Crippen LogP contribution in [0.25, 0.3) is 0 Å². The number of carbonyl (C=O) groups is 1. The van der Waals surface area contributed by atoms with Crippen molar-refractivity contribution < 1.29 is 14.1 Å². The minimum atomic E-state index is -0.00328. The van der Waals surface area contributed by atoms with Gasteiger partial charge < -0.3 is 19.5 Å². The third-order valence-corrected chi connectivity index (χ3v) is 5.09. The average molecular weight is 343 g/mol. The van der Waals surface area contributed by atoms with E-state index in [4.69, 9.17) is 9.26 Å². The maximum Gasteiger partial charge on any atom is 0.259 e. The Hall–Kier alpha value is -2.48. The fraction of sp³-hybridized carbons (Fsp3) is 0.529. The first-order valence-corrected chi connectivity index (χ1v) is 8.55. The van der Waals surface area contributed by atoms with E-state index in [1.165, 1.54) is 6.20 Å².